The molecule has 9 nitrogen and oxygen atoms in total. The van der Waals surface area contributed by atoms with Gasteiger partial charge in [0.15, 0.2) is 0 Å². The summed E-state index contributed by atoms with van der Waals surface area (Å²) in [4.78, 5) is 54.6. The second-order valence-electron chi connectivity index (χ2n) is 12.4. The molecule has 2 atom stereocenters. The number of hydrogen-bond donors (Lipinski definition) is 2. The lowest BCUT2D eigenvalue weighted by molar-refractivity contribution is -0.144. The van der Waals surface area contributed by atoms with E-state index in [9.17, 15) is 19.2 Å². The number of rotatable bonds is 17. The second-order valence-corrected chi connectivity index (χ2v) is 12.4. The lowest BCUT2D eigenvalue weighted by atomic mass is 9.96. The monoisotopic (exact) mass is 589 g/mol. The number of carbonyl (C=O) groups is 4. The van der Waals surface area contributed by atoms with Gasteiger partial charge in [0, 0.05) is 13.1 Å². The van der Waals surface area contributed by atoms with E-state index in [1.807, 2.05) is 45.9 Å². The number of benzene rings is 1. The number of amides is 3. The average Bonchev–Trinajstić information content (AvgIpc) is 2.85. The minimum Gasteiger partial charge on any atom is -0.466 e. The first-order valence-corrected chi connectivity index (χ1v) is 15.5. The van der Waals surface area contributed by atoms with E-state index in [1.165, 1.54) is 0 Å². The van der Waals surface area contributed by atoms with Crippen molar-refractivity contribution in [1.82, 2.24) is 15.5 Å². The molecule has 0 radical (unpaired) electrons. The fourth-order valence-corrected chi connectivity index (χ4v) is 4.85. The third-order valence-electron chi connectivity index (χ3n) is 6.54. The molecular weight excluding hydrogens is 534 g/mol. The SMILES string of the molecule is CCCCCCCN(C(=O)C(CC(C)C)NC(=O)OC(C)(C)C)C(C(=O)NCCC(=O)OCC)c1cc(C)cc(C)c1. The van der Waals surface area contributed by atoms with Gasteiger partial charge >= 0.3 is 12.1 Å². The van der Waals surface area contributed by atoms with E-state index in [1.54, 1.807) is 32.6 Å². The van der Waals surface area contributed by atoms with Crippen LogP contribution in [0.3, 0.4) is 0 Å². The maximum atomic E-state index is 14.4. The number of nitrogens with one attached hydrogen (secondary N) is 2. The maximum absolute atomic E-state index is 14.4. The lowest BCUT2D eigenvalue weighted by Crippen LogP contribution is -2.53. The van der Waals surface area contributed by atoms with Crippen molar-refractivity contribution in [2.45, 2.75) is 125 Å². The smallest absolute Gasteiger partial charge is 0.408 e. The third-order valence-corrected chi connectivity index (χ3v) is 6.54. The minimum absolute atomic E-state index is 0.0281. The van der Waals surface area contributed by atoms with Crippen molar-refractivity contribution in [3.05, 3.63) is 34.9 Å². The van der Waals surface area contributed by atoms with Gasteiger partial charge in [0.2, 0.25) is 11.8 Å². The molecule has 9 heteroatoms. The van der Waals surface area contributed by atoms with Crippen molar-refractivity contribution >= 4 is 23.9 Å². The normalized spacial score (nSPS) is 12.8. The Bertz CT molecular complexity index is 997. The molecule has 0 heterocycles. The fraction of sp³-hybridized carbons (Fsp3) is 0.697. The van der Waals surface area contributed by atoms with Gasteiger partial charge in [-0.25, -0.2) is 4.79 Å². The Hall–Kier alpha value is -3.10. The summed E-state index contributed by atoms with van der Waals surface area (Å²) in [6.07, 6.45) is 4.58. The third kappa shape index (κ3) is 14.2. The van der Waals surface area contributed by atoms with Crippen molar-refractivity contribution in [1.29, 1.82) is 0 Å². The van der Waals surface area contributed by atoms with Crippen LogP contribution in [-0.4, -0.2) is 60.1 Å². The summed E-state index contributed by atoms with van der Waals surface area (Å²) in [5.41, 5.74) is 1.89. The molecule has 0 aromatic heterocycles. The number of aryl methyl sites for hydroxylation is 2. The molecule has 2 N–H and O–H groups in total. The number of ether oxygens (including phenoxy) is 2. The number of alkyl carbamates (subject to hydrolysis) is 1. The molecule has 0 saturated carbocycles. The molecule has 0 spiro atoms. The molecule has 1 aromatic rings. The molecule has 1 aromatic carbocycles. The number of carbonyl (C=O) groups excluding carboxylic acids is 4. The van der Waals surface area contributed by atoms with E-state index in [4.69, 9.17) is 9.47 Å². The summed E-state index contributed by atoms with van der Waals surface area (Å²) in [6, 6.07) is 4.02. The summed E-state index contributed by atoms with van der Waals surface area (Å²) >= 11 is 0. The highest BCUT2D eigenvalue weighted by molar-refractivity contribution is 5.92. The van der Waals surface area contributed by atoms with Crippen molar-refractivity contribution in [3.63, 3.8) is 0 Å². The summed E-state index contributed by atoms with van der Waals surface area (Å²) in [6.45, 7) is 17.7. The van der Waals surface area contributed by atoms with Gasteiger partial charge in [0.25, 0.3) is 0 Å². The van der Waals surface area contributed by atoms with Crippen LogP contribution < -0.4 is 10.6 Å². The van der Waals surface area contributed by atoms with Crippen LogP contribution in [0.4, 0.5) is 4.79 Å². The number of hydrogen-bond acceptors (Lipinski definition) is 6. The lowest BCUT2D eigenvalue weighted by Gasteiger charge is -2.35. The first-order chi connectivity index (χ1) is 19.7. The van der Waals surface area contributed by atoms with Crippen molar-refractivity contribution < 1.29 is 28.7 Å². The van der Waals surface area contributed by atoms with E-state index >= 15 is 0 Å². The Morgan fingerprint density at radius 2 is 1.55 bits per heavy atom. The van der Waals surface area contributed by atoms with Crippen LogP contribution in [0, 0.1) is 19.8 Å². The maximum Gasteiger partial charge on any atom is 0.408 e. The molecule has 0 aliphatic carbocycles. The summed E-state index contributed by atoms with van der Waals surface area (Å²) in [7, 11) is 0. The second kappa shape index (κ2) is 18.4. The van der Waals surface area contributed by atoms with Gasteiger partial charge in [0.05, 0.1) is 13.0 Å². The van der Waals surface area contributed by atoms with E-state index in [0.717, 1.165) is 36.8 Å². The van der Waals surface area contributed by atoms with Gasteiger partial charge in [-0.1, -0.05) is 75.8 Å². The Kier molecular flexibility index (Phi) is 16.2. The minimum atomic E-state index is -0.945. The highest BCUT2D eigenvalue weighted by Gasteiger charge is 2.36. The van der Waals surface area contributed by atoms with Gasteiger partial charge in [-0.15, -0.1) is 0 Å². The zero-order valence-electron chi connectivity index (χ0n) is 27.4. The quantitative estimate of drug-likeness (QED) is 0.166. The highest BCUT2D eigenvalue weighted by atomic mass is 16.6. The van der Waals surface area contributed by atoms with E-state index in [0.29, 0.717) is 24.9 Å². The Morgan fingerprint density at radius 3 is 2.10 bits per heavy atom. The van der Waals surface area contributed by atoms with Crippen LogP contribution in [0.25, 0.3) is 0 Å². The number of nitrogens with zero attached hydrogens (tertiary/aromatic N) is 1. The van der Waals surface area contributed by atoms with Gasteiger partial charge in [-0.3, -0.25) is 14.4 Å². The Balaban J connectivity index is 3.51. The summed E-state index contributed by atoms with van der Waals surface area (Å²) in [5.74, 6) is -1.02. The van der Waals surface area contributed by atoms with Gasteiger partial charge < -0.3 is 25.0 Å². The van der Waals surface area contributed by atoms with Crippen LogP contribution in [-0.2, 0) is 23.9 Å². The molecule has 2 unspecified atom stereocenters. The first kappa shape index (κ1) is 36.9. The zero-order valence-corrected chi connectivity index (χ0v) is 27.4. The van der Waals surface area contributed by atoms with Crippen LogP contribution in [0.5, 0.6) is 0 Å². The molecule has 1 rings (SSSR count). The number of esters is 1. The molecule has 42 heavy (non-hydrogen) atoms. The largest absolute Gasteiger partial charge is 0.466 e. The van der Waals surface area contributed by atoms with Crippen molar-refractivity contribution in [3.8, 4) is 0 Å². The van der Waals surface area contributed by atoms with Gasteiger partial charge in [-0.05, 0) is 65.9 Å². The average molecular weight is 590 g/mol. The van der Waals surface area contributed by atoms with Crippen molar-refractivity contribution in [2.75, 3.05) is 19.7 Å². The molecule has 0 aliphatic rings. The topological polar surface area (TPSA) is 114 Å². The molecule has 3 amide bonds. The fourth-order valence-electron chi connectivity index (χ4n) is 4.85. The standard InChI is InChI=1S/C33H55N3O6/c1-10-12-13-14-15-18-36(31(39)27(19-23(3)4)35-32(40)42-33(7,8)9)29(26-21-24(5)20-25(6)22-26)30(38)34-17-16-28(37)41-11-2/h20-23,27,29H,10-19H2,1-9H3,(H,34,38)(H,35,40). The van der Waals surface area contributed by atoms with E-state index in [2.05, 4.69) is 17.6 Å². The molecule has 238 valence electrons. The van der Waals surface area contributed by atoms with Crippen LogP contribution in [0.2, 0.25) is 0 Å². The predicted molar refractivity (Wildman–Crippen MR) is 166 cm³/mol. The number of unbranched alkanes of at least 4 members (excludes halogenated alkanes) is 4. The van der Waals surface area contributed by atoms with E-state index < -0.39 is 29.7 Å². The van der Waals surface area contributed by atoms with Crippen molar-refractivity contribution in [2.24, 2.45) is 5.92 Å². The summed E-state index contributed by atoms with van der Waals surface area (Å²) < 4.78 is 10.5. The zero-order chi connectivity index (χ0) is 31.9. The van der Waals surface area contributed by atoms with E-state index in [-0.39, 0.29) is 37.3 Å². The Labute approximate surface area is 253 Å². The molecule has 0 saturated heterocycles. The summed E-state index contributed by atoms with van der Waals surface area (Å²) in [5, 5.41) is 5.65. The molecule has 0 bridgehead atoms. The molecular formula is C33H55N3O6. The Morgan fingerprint density at radius 1 is 0.929 bits per heavy atom. The van der Waals surface area contributed by atoms with Crippen LogP contribution in [0.15, 0.2) is 18.2 Å². The van der Waals surface area contributed by atoms with Crippen LogP contribution >= 0.6 is 0 Å². The van der Waals surface area contributed by atoms with Crippen LogP contribution in [0.1, 0.15) is 116 Å². The predicted octanol–water partition coefficient (Wildman–Crippen LogP) is 6.15. The van der Waals surface area contributed by atoms with Gasteiger partial charge in [-0.2, -0.15) is 0 Å². The molecule has 0 fully saturated rings. The first-order valence-electron chi connectivity index (χ1n) is 15.5. The molecule has 0 aliphatic heterocycles. The highest BCUT2D eigenvalue weighted by Crippen LogP contribution is 2.27. The van der Waals surface area contributed by atoms with Gasteiger partial charge in [0.1, 0.15) is 17.7 Å².